The second kappa shape index (κ2) is 7.95. The molecule has 2 rings (SSSR count). The van der Waals surface area contributed by atoms with Crippen molar-refractivity contribution < 1.29 is 9.90 Å². The van der Waals surface area contributed by atoms with Crippen LogP contribution in [0.4, 0.5) is 5.69 Å². The number of hydrogen-bond donors (Lipinski definition) is 3. The van der Waals surface area contributed by atoms with Gasteiger partial charge >= 0.3 is 0 Å². The summed E-state index contributed by atoms with van der Waals surface area (Å²) in [7, 11) is 3.97. The van der Waals surface area contributed by atoms with E-state index in [2.05, 4.69) is 10.2 Å². The molecule has 4 N–H and O–H groups in total. The SMILES string of the molecule is CN(C)CCCNC(=O)C(O)(c1ccccc1)c1ccc(N)cc1. The Labute approximate surface area is 143 Å². The Balaban J connectivity index is 2.26. The molecule has 0 saturated heterocycles. The van der Waals surface area contributed by atoms with Gasteiger partial charge in [-0.05, 0) is 50.3 Å². The van der Waals surface area contributed by atoms with Gasteiger partial charge < -0.3 is 21.1 Å². The summed E-state index contributed by atoms with van der Waals surface area (Å²) in [5.41, 5.74) is 5.59. The maximum atomic E-state index is 12.8. The lowest BCUT2D eigenvalue weighted by Gasteiger charge is -2.28. The monoisotopic (exact) mass is 327 g/mol. The van der Waals surface area contributed by atoms with Crippen molar-refractivity contribution in [2.75, 3.05) is 32.9 Å². The molecule has 0 bridgehead atoms. The van der Waals surface area contributed by atoms with Gasteiger partial charge in [-0.25, -0.2) is 0 Å². The normalized spacial score (nSPS) is 13.5. The molecular formula is C19H25N3O2. The van der Waals surface area contributed by atoms with Crippen LogP contribution in [-0.4, -0.2) is 43.1 Å². The first kappa shape index (κ1) is 18.0. The van der Waals surface area contributed by atoms with Gasteiger partial charge in [0.2, 0.25) is 0 Å². The molecule has 1 amide bonds. The summed E-state index contributed by atoms with van der Waals surface area (Å²) >= 11 is 0. The molecule has 0 radical (unpaired) electrons. The topological polar surface area (TPSA) is 78.6 Å². The highest BCUT2D eigenvalue weighted by atomic mass is 16.3. The second-order valence-electron chi connectivity index (χ2n) is 6.11. The van der Waals surface area contributed by atoms with Crippen LogP contribution in [0.1, 0.15) is 17.5 Å². The van der Waals surface area contributed by atoms with E-state index in [1.54, 1.807) is 48.5 Å². The molecular weight excluding hydrogens is 302 g/mol. The third kappa shape index (κ3) is 4.13. The van der Waals surface area contributed by atoms with E-state index in [1.807, 2.05) is 20.2 Å². The van der Waals surface area contributed by atoms with Crippen molar-refractivity contribution in [3.05, 3.63) is 65.7 Å². The summed E-state index contributed by atoms with van der Waals surface area (Å²) in [6, 6.07) is 15.7. The Morgan fingerprint density at radius 3 is 2.25 bits per heavy atom. The molecule has 0 aliphatic rings. The van der Waals surface area contributed by atoms with E-state index in [9.17, 15) is 9.90 Å². The van der Waals surface area contributed by atoms with Crippen molar-refractivity contribution in [3.8, 4) is 0 Å². The summed E-state index contributed by atoms with van der Waals surface area (Å²) in [5, 5.41) is 14.1. The lowest BCUT2D eigenvalue weighted by atomic mass is 9.85. The predicted molar refractivity (Wildman–Crippen MR) is 96.5 cm³/mol. The number of hydrogen-bond acceptors (Lipinski definition) is 4. The molecule has 0 aliphatic heterocycles. The van der Waals surface area contributed by atoms with Crippen LogP contribution in [0.3, 0.4) is 0 Å². The summed E-state index contributed by atoms with van der Waals surface area (Å²) < 4.78 is 0. The molecule has 0 aromatic heterocycles. The third-order valence-corrected chi connectivity index (χ3v) is 3.92. The zero-order chi connectivity index (χ0) is 17.6. The molecule has 24 heavy (non-hydrogen) atoms. The summed E-state index contributed by atoms with van der Waals surface area (Å²) in [4.78, 5) is 14.8. The van der Waals surface area contributed by atoms with Crippen molar-refractivity contribution in [2.24, 2.45) is 0 Å². The minimum Gasteiger partial charge on any atom is -0.399 e. The van der Waals surface area contributed by atoms with Crippen LogP contribution in [0, 0.1) is 0 Å². The average Bonchev–Trinajstić information content (AvgIpc) is 2.59. The summed E-state index contributed by atoms with van der Waals surface area (Å²) in [5.74, 6) is -0.433. The largest absolute Gasteiger partial charge is 0.399 e. The maximum Gasteiger partial charge on any atom is 0.261 e. The quantitative estimate of drug-likeness (QED) is 0.533. The molecule has 0 spiro atoms. The summed E-state index contributed by atoms with van der Waals surface area (Å²) in [6.45, 7) is 1.37. The molecule has 0 saturated carbocycles. The molecule has 0 heterocycles. The number of nitrogens with one attached hydrogen (secondary N) is 1. The third-order valence-electron chi connectivity index (χ3n) is 3.92. The number of nitrogens with two attached hydrogens (primary N) is 1. The highest BCUT2D eigenvalue weighted by Crippen LogP contribution is 2.30. The van der Waals surface area contributed by atoms with Crippen LogP contribution in [0.5, 0.6) is 0 Å². The highest BCUT2D eigenvalue weighted by molar-refractivity contribution is 5.90. The van der Waals surface area contributed by atoms with Crippen molar-refractivity contribution in [1.82, 2.24) is 10.2 Å². The van der Waals surface area contributed by atoms with Gasteiger partial charge in [-0.3, -0.25) is 4.79 Å². The number of nitrogens with zero attached hydrogens (tertiary/aromatic N) is 1. The minimum atomic E-state index is -1.74. The van der Waals surface area contributed by atoms with E-state index < -0.39 is 11.5 Å². The molecule has 128 valence electrons. The van der Waals surface area contributed by atoms with Gasteiger partial charge in [0.25, 0.3) is 5.91 Å². The van der Waals surface area contributed by atoms with Gasteiger partial charge in [-0.2, -0.15) is 0 Å². The highest BCUT2D eigenvalue weighted by Gasteiger charge is 2.39. The Bertz CT molecular complexity index is 656. The fourth-order valence-corrected chi connectivity index (χ4v) is 2.56. The van der Waals surface area contributed by atoms with Crippen LogP contribution in [0.25, 0.3) is 0 Å². The molecule has 0 fully saturated rings. The second-order valence-corrected chi connectivity index (χ2v) is 6.11. The molecule has 2 aromatic rings. The van der Waals surface area contributed by atoms with Crippen LogP contribution in [0.2, 0.25) is 0 Å². The van der Waals surface area contributed by atoms with Crippen LogP contribution in [0.15, 0.2) is 54.6 Å². The maximum absolute atomic E-state index is 12.8. The number of benzene rings is 2. The van der Waals surface area contributed by atoms with Gasteiger partial charge in [0.05, 0.1) is 0 Å². The van der Waals surface area contributed by atoms with Crippen LogP contribution in [-0.2, 0) is 10.4 Å². The van der Waals surface area contributed by atoms with Gasteiger partial charge in [-0.1, -0.05) is 42.5 Å². The number of nitrogen functional groups attached to an aromatic ring is 1. The van der Waals surface area contributed by atoms with Crippen molar-refractivity contribution >= 4 is 11.6 Å². The number of aliphatic hydroxyl groups is 1. The number of carbonyl (C=O) groups excluding carboxylic acids is 1. The number of anilines is 1. The van der Waals surface area contributed by atoms with Crippen molar-refractivity contribution in [1.29, 1.82) is 0 Å². The molecule has 1 unspecified atom stereocenters. The van der Waals surface area contributed by atoms with E-state index in [0.29, 0.717) is 23.4 Å². The Kier molecular flexibility index (Phi) is 5.95. The van der Waals surface area contributed by atoms with E-state index in [-0.39, 0.29) is 0 Å². The predicted octanol–water partition coefficient (Wildman–Crippen LogP) is 1.57. The zero-order valence-corrected chi connectivity index (χ0v) is 14.2. The van der Waals surface area contributed by atoms with E-state index in [1.165, 1.54) is 0 Å². The number of carbonyl (C=O) groups is 1. The molecule has 1 atom stereocenters. The first-order valence-electron chi connectivity index (χ1n) is 8.01. The first-order chi connectivity index (χ1) is 11.4. The van der Waals surface area contributed by atoms with Gasteiger partial charge in [-0.15, -0.1) is 0 Å². The Hall–Kier alpha value is -2.37. The number of rotatable bonds is 7. The number of amides is 1. The fourth-order valence-electron chi connectivity index (χ4n) is 2.56. The molecule has 5 heteroatoms. The lowest BCUT2D eigenvalue weighted by molar-refractivity contribution is -0.136. The molecule has 0 aliphatic carbocycles. The summed E-state index contributed by atoms with van der Waals surface area (Å²) in [6.07, 6.45) is 0.811. The van der Waals surface area contributed by atoms with E-state index >= 15 is 0 Å². The van der Waals surface area contributed by atoms with E-state index in [0.717, 1.165) is 13.0 Å². The zero-order valence-electron chi connectivity index (χ0n) is 14.2. The van der Waals surface area contributed by atoms with Gasteiger partial charge in [0, 0.05) is 12.2 Å². The van der Waals surface area contributed by atoms with Gasteiger partial charge in [0.15, 0.2) is 5.60 Å². The molecule has 5 nitrogen and oxygen atoms in total. The van der Waals surface area contributed by atoms with Gasteiger partial charge in [0.1, 0.15) is 0 Å². The fraction of sp³-hybridized carbons (Fsp3) is 0.316. The standard InChI is InChI=1S/C19H25N3O2/c1-22(2)14-6-13-21-18(23)19(24,15-7-4-3-5-8-15)16-9-11-17(20)12-10-16/h3-5,7-12,24H,6,13-14,20H2,1-2H3,(H,21,23). The van der Waals surface area contributed by atoms with E-state index in [4.69, 9.17) is 5.73 Å². The Morgan fingerprint density at radius 1 is 1.08 bits per heavy atom. The first-order valence-corrected chi connectivity index (χ1v) is 8.01. The smallest absolute Gasteiger partial charge is 0.261 e. The minimum absolute atomic E-state index is 0.433. The average molecular weight is 327 g/mol. The van der Waals surface area contributed by atoms with Crippen molar-refractivity contribution in [3.63, 3.8) is 0 Å². The van der Waals surface area contributed by atoms with Crippen molar-refractivity contribution in [2.45, 2.75) is 12.0 Å². The molecule has 2 aromatic carbocycles. The lowest BCUT2D eigenvalue weighted by Crippen LogP contribution is -2.46. The Morgan fingerprint density at radius 2 is 1.67 bits per heavy atom. The van der Waals surface area contributed by atoms with Crippen LogP contribution >= 0.6 is 0 Å². The van der Waals surface area contributed by atoms with Crippen LogP contribution < -0.4 is 11.1 Å².